The van der Waals surface area contributed by atoms with Crippen LogP contribution in [0.4, 0.5) is 4.39 Å². The summed E-state index contributed by atoms with van der Waals surface area (Å²) >= 11 is 6.30. The number of hydrogen-bond donors (Lipinski definition) is 0. The van der Waals surface area contributed by atoms with E-state index >= 15 is 0 Å². The van der Waals surface area contributed by atoms with Crippen molar-refractivity contribution in [1.82, 2.24) is 19.4 Å². The van der Waals surface area contributed by atoms with Crippen LogP contribution < -0.4 is 0 Å². The molecule has 0 atom stereocenters. The molecule has 1 aromatic carbocycles. The van der Waals surface area contributed by atoms with Crippen LogP contribution in [0.5, 0.6) is 0 Å². The fourth-order valence-corrected chi connectivity index (χ4v) is 3.38. The smallest absolute Gasteiger partial charge is 0.255 e. The molecule has 0 radical (unpaired) electrons. The predicted molar refractivity (Wildman–Crippen MR) is 96.0 cm³/mol. The third-order valence-electron chi connectivity index (χ3n) is 4.58. The van der Waals surface area contributed by atoms with E-state index in [1.165, 1.54) is 12.3 Å². The maximum atomic E-state index is 13.1. The lowest BCUT2D eigenvalue weighted by molar-refractivity contribution is 0.0731. The summed E-state index contributed by atoms with van der Waals surface area (Å²) in [5.41, 5.74) is 3.19. The van der Waals surface area contributed by atoms with E-state index in [1.54, 1.807) is 23.4 Å². The largest absolute Gasteiger partial charge is 0.332 e. The Morgan fingerprint density at radius 2 is 2.08 bits per heavy atom. The second-order valence-corrected chi connectivity index (χ2v) is 6.63. The molecule has 0 fully saturated rings. The van der Waals surface area contributed by atoms with Crippen molar-refractivity contribution in [2.45, 2.75) is 19.9 Å². The van der Waals surface area contributed by atoms with Gasteiger partial charge in [-0.05, 0) is 30.7 Å². The zero-order valence-electron chi connectivity index (χ0n) is 14.1. The van der Waals surface area contributed by atoms with E-state index in [2.05, 4.69) is 9.97 Å². The van der Waals surface area contributed by atoms with Crippen molar-refractivity contribution >= 4 is 17.5 Å². The molecule has 0 spiro atoms. The van der Waals surface area contributed by atoms with Crippen molar-refractivity contribution in [3.05, 3.63) is 76.2 Å². The molecule has 26 heavy (non-hydrogen) atoms. The fourth-order valence-electron chi connectivity index (χ4n) is 3.17. The van der Waals surface area contributed by atoms with Gasteiger partial charge in [0.15, 0.2) is 0 Å². The SMILES string of the molecule is Cc1cccc(C(=O)N2CCc3c(ncn3-c3ccc(F)cn3)C2)c1Cl. The number of fused-ring (bicyclic) bond motifs is 1. The van der Waals surface area contributed by atoms with Crippen LogP contribution in [0.15, 0.2) is 42.9 Å². The number of halogens is 2. The minimum Gasteiger partial charge on any atom is -0.332 e. The van der Waals surface area contributed by atoms with E-state index in [9.17, 15) is 9.18 Å². The van der Waals surface area contributed by atoms with Gasteiger partial charge in [-0.2, -0.15) is 0 Å². The van der Waals surface area contributed by atoms with E-state index < -0.39 is 0 Å². The lowest BCUT2D eigenvalue weighted by atomic mass is 10.1. The Labute approximate surface area is 155 Å². The Morgan fingerprint density at radius 1 is 1.23 bits per heavy atom. The minimum atomic E-state index is -0.380. The molecular formula is C19H16ClFN4O. The van der Waals surface area contributed by atoms with Gasteiger partial charge in [0.2, 0.25) is 0 Å². The lowest BCUT2D eigenvalue weighted by Gasteiger charge is -2.27. The Hall–Kier alpha value is -2.73. The van der Waals surface area contributed by atoms with Crippen LogP contribution in [0.1, 0.15) is 27.3 Å². The highest BCUT2D eigenvalue weighted by atomic mass is 35.5. The number of imidazole rings is 1. The molecule has 0 bridgehead atoms. The van der Waals surface area contributed by atoms with E-state index in [0.29, 0.717) is 35.9 Å². The van der Waals surface area contributed by atoms with Crippen LogP contribution in [0.25, 0.3) is 5.82 Å². The third-order valence-corrected chi connectivity index (χ3v) is 5.08. The number of benzene rings is 1. The highest BCUT2D eigenvalue weighted by molar-refractivity contribution is 6.34. The molecule has 1 aliphatic rings. The van der Waals surface area contributed by atoms with E-state index in [4.69, 9.17) is 11.6 Å². The molecule has 7 heteroatoms. The molecule has 0 N–H and O–H groups in total. The molecule has 0 unspecified atom stereocenters. The molecule has 1 amide bonds. The maximum absolute atomic E-state index is 13.1. The predicted octanol–water partition coefficient (Wildman–Crippen LogP) is 3.57. The number of carbonyl (C=O) groups is 1. The van der Waals surface area contributed by atoms with Crippen molar-refractivity contribution in [3.8, 4) is 5.82 Å². The van der Waals surface area contributed by atoms with E-state index in [0.717, 1.165) is 17.0 Å². The average Bonchev–Trinajstić information content (AvgIpc) is 3.07. The van der Waals surface area contributed by atoms with Gasteiger partial charge in [0, 0.05) is 13.0 Å². The Balaban J connectivity index is 1.60. The first-order valence-electron chi connectivity index (χ1n) is 8.26. The van der Waals surface area contributed by atoms with Gasteiger partial charge in [0.25, 0.3) is 5.91 Å². The molecular weight excluding hydrogens is 355 g/mol. The number of pyridine rings is 1. The van der Waals surface area contributed by atoms with E-state index in [1.807, 2.05) is 23.6 Å². The topological polar surface area (TPSA) is 51.0 Å². The molecule has 1 aliphatic heterocycles. The van der Waals surface area contributed by atoms with Crippen molar-refractivity contribution in [1.29, 1.82) is 0 Å². The molecule has 5 nitrogen and oxygen atoms in total. The number of nitrogens with zero attached hydrogens (tertiary/aromatic N) is 4. The first-order chi connectivity index (χ1) is 12.5. The molecule has 3 heterocycles. The van der Waals surface area contributed by atoms with Crippen molar-refractivity contribution in [3.63, 3.8) is 0 Å². The zero-order valence-corrected chi connectivity index (χ0v) is 14.9. The molecule has 132 valence electrons. The van der Waals surface area contributed by atoms with Gasteiger partial charge in [-0.3, -0.25) is 9.36 Å². The minimum absolute atomic E-state index is 0.0983. The fraction of sp³-hybridized carbons (Fsp3) is 0.211. The highest BCUT2D eigenvalue weighted by Gasteiger charge is 2.27. The van der Waals surface area contributed by atoms with Gasteiger partial charge in [-0.25, -0.2) is 14.4 Å². The van der Waals surface area contributed by atoms with Crippen LogP contribution in [0.3, 0.4) is 0 Å². The van der Waals surface area contributed by atoms with Gasteiger partial charge in [0.05, 0.1) is 34.7 Å². The number of carbonyl (C=O) groups excluding carboxylic acids is 1. The summed E-state index contributed by atoms with van der Waals surface area (Å²) in [5.74, 6) is 0.134. The third kappa shape index (κ3) is 2.86. The van der Waals surface area contributed by atoms with Gasteiger partial charge >= 0.3 is 0 Å². The summed E-state index contributed by atoms with van der Waals surface area (Å²) < 4.78 is 14.9. The van der Waals surface area contributed by atoms with Crippen LogP contribution in [0.2, 0.25) is 5.02 Å². The number of amides is 1. The number of rotatable bonds is 2. The molecule has 2 aromatic heterocycles. The number of aryl methyl sites for hydroxylation is 1. The first-order valence-corrected chi connectivity index (χ1v) is 8.64. The summed E-state index contributed by atoms with van der Waals surface area (Å²) in [6, 6.07) is 8.44. The Bertz CT molecular complexity index is 984. The van der Waals surface area contributed by atoms with Gasteiger partial charge in [-0.1, -0.05) is 23.7 Å². The standard InChI is InChI=1S/C19H16ClFN4O/c1-12-3-2-4-14(18(12)20)19(26)24-8-7-16-15(10-24)23-11-25(16)17-6-5-13(21)9-22-17/h2-6,9,11H,7-8,10H2,1H3. The maximum Gasteiger partial charge on any atom is 0.255 e. The van der Waals surface area contributed by atoms with E-state index in [-0.39, 0.29) is 11.7 Å². The van der Waals surface area contributed by atoms with Crippen LogP contribution >= 0.6 is 11.6 Å². The zero-order chi connectivity index (χ0) is 18.3. The summed E-state index contributed by atoms with van der Waals surface area (Å²) in [4.78, 5) is 23.1. The average molecular weight is 371 g/mol. The quantitative estimate of drug-likeness (QED) is 0.693. The number of hydrogen-bond acceptors (Lipinski definition) is 3. The second-order valence-electron chi connectivity index (χ2n) is 6.26. The first kappa shape index (κ1) is 16.7. The summed E-state index contributed by atoms with van der Waals surface area (Å²) in [6.07, 6.45) is 3.49. The molecule has 0 saturated carbocycles. The van der Waals surface area contributed by atoms with Gasteiger partial charge in [-0.15, -0.1) is 0 Å². The lowest BCUT2D eigenvalue weighted by Crippen LogP contribution is -2.36. The molecule has 0 aliphatic carbocycles. The van der Waals surface area contributed by atoms with Gasteiger partial charge < -0.3 is 4.90 Å². The Morgan fingerprint density at radius 3 is 2.85 bits per heavy atom. The van der Waals surface area contributed by atoms with Crippen LogP contribution in [0, 0.1) is 12.7 Å². The van der Waals surface area contributed by atoms with Crippen molar-refractivity contribution < 1.29 is 9.18 Å². The van der Waals surface area contributed by atoms with Gasteiger partial charge in [0.1, 0.15) is 18.0 Å². The summed E-state index contributed by atoms with van der Waals surface area (Å²) in [5, 5.41) is 0.490. The summed E-state index contributed by atoms with van der Waals surface area (Å²) in [6.45, 7) is 2.85. The second kappa shape index (κ2) is 6.53. The molecule has 4 rings (SSSR count). The molecule has 0 saturated heterocycles. The summed E-state index contributed by atoms with van der Waals surface area (Å²) in [7, 11) is 0. The van der Waals surface area contributed by atoms with Crippen molar-refractivity contribution in [2.75, 3.05) is 6.54 Å². The van der Waals surface area contributed by atoms with Crippen molar-refractivity contribution in [2.24, 2.45) is 0 Å². The van der Waals surface area contributed by atoms with Crippen LogP contribution in [-0.4, -0.2) is 31.9 Å². The highest BCUT2D eigenvalue weighted by Crippen LogP contribution is 2.26. The molecule has 3 aromatic rings. The normalized spacial score (nSPS) is 13.6. The number of aromatic nitrogens is 3. The Kier molecular flexibility index (Phi) is 4.20. The van der Waals surface area contributed by atoms with Crippen LogP contribution in [-0.2, 0) is 13.0 Å². The monoisotopic (exact) mass is 370 g/mol.